The first kappa shape index (κ1) is 13.5. The largest absolute Gasteiger partial charge is 0.366 e. The van der Waals surface area contributed by atoms with E-state index in [4.69, 9.17) is 11.5 Å². The molecule has 102 valence electrons. The number of nitrogens with two attached hydrogens (primary N) is 2. The predicted molar refractivity (Wildman–Crippen MR) is 72.6 cm³/mol. The molecule has 5 heteroatoms. The standard InChI is InChI=1S/C14H19N3O2/c1-9(15)12-5-6-17(8-12)14(19)11-4-2-3-10(7-11)13(16)18/h2-4,7,9,12H,5-6,8,15H2,1H3,(H2,16,18). The van der Waals surface area contributed by atoms with Gasteiger partial charge in [-0.25, -0.2) is 0 Å². The number of benzene rings is 1. The van der Waals surface area contributed by atoms with Crippen LogP contribution in [0.1, 0.15) is 34.1 Å². The van der Waals surface area contributed by atoms with Crippen molar-refractivity contribution in [3.63, 3.8) is 0 Å². The van der Waals surface area contributed by atoms with Crippen LogP contribution in [0.3, 0.4) is 0 Å². The van der Waals surface area contributed by atoms with Crippen LogP contribution in [-0.2, 0) is 0 Å². The number of carbonyl (C=O) groups is 2. The third-order valence-electron chi connectivity index (χ3n) is 3.65. The van der Waals surface area contributed by atoms with Gasteiger partial charge in [0.15, 0.2) is 0 Å². The minimum atomic E-state index is -0.524. The minimum absolute atomic E-state index is 0.0637. The lowest BCUT2D eigenvalue weighted by atomic mass is 10.0. The molecule has 0 spiro atoms. The van der Waals surface area contributed by atoms with Crippen molar-refractivity contribution in [3.05, 3.63) is 35.4 Å². The van der Waals surface area contributed by atoms with Crippen LogP contribution in [0, 0.1) is 5.92 Å². The Hall–Kier alpha value is -1.88. The number of hydrogen-bond acceptors (Lipinski definition) is 3. The van der Waals surface area contributed by atoms with Gasteiger partial charge in [0.2, 0.25) is 5.91 Å². The summed E-state index contributed by atoms with van der Waals surface area (Å²) >= 11 is 0. The van der Waals surface area contributed by atoms with E-state index in [-0.39, 0.29) is 11.9 Å². The summed E-state index contributed by atoms with van der Waals surface area (Å²) in [4.78, 5) is 25.2. The summed E-state index contributed by atoms with van der Waals surface area (Å²) in [6.07, 6.45) is 0.929. The zero-order chi connectivity index (χ0) is 14.0. The molecule has 0 bridgehead atoms. The van der Waals surface area contributed by atoms with Gasteiger partial charge in [-0.1, -0.05) is 6.07 Å². The first-order chi connectivity index (χ1) is 8.99. The fourth-order valence-electron chi connectivity index (χ4n) is 2.39. The second-order valence-corrected chi connectivity index (χ2v) is 5.10. The van der Waals surface area contributed by atoms with Gasteiger partial charge < -0.3 is 16.4 Å². The van der Waals surface area contributed by atoms with E-state index in [0.717, 1.165) is 6.42 Å². The fraction of sp³-hybridized carbons (Fsp3) is 0.429. The molecule has 5 nitrogen and oxygen atoms in total. The van der Waals surface area contributed by atoms with Crippen molar-refractivity contribution in [1.29, 1.82) is 0 Å². The number of hydrogen-bond donors (Lipinski definition) is 2. The number of carbonyl (C=O) groups excluding carboxylic acids is 2. The van der Waals surface area contributed by atoms with Crippen LogP contribution in [0.15, 0.2) is 24.3 Å². The first-order valence-electron chi connectivity index (χ1n) is 6.43. The highest BCUT2D eigenvalue weighted by Gasteiger charge is 2.29. The molecule has 19 heavy (non-hydrogen) atoms. The lowest BCUT2D eigenvalue weighted by Gasteiger charge is -2.18. The number of amides is 2. The van der Waals surface area contributed by atoms with Gasteiger partial charge in [-0.2, -0.15) is 0 Å². The molecule has 0 radical (unpaired) electrons. The number of primary amides is 1. The molecular formula is C14H19N3O2. The quantitative estimate of drug-likeness (QED) is 0.834. The van der Waals surface area contributed by atoms with E-state index in [1.54, 1.807) is 29.2 Å². The van der Waals surface area contributed by atoms with Crippen molar-refractivity contribution in [2.45, 2.75) is 19.4 Å². The van der Waals surface area contributed by atoms with E-state index < -0.39 is 5.91 Å². The Balaban J connectivity index is 2.12. The monoisotopic (exact) mass is 261 g/mol. The summed E-state index contributed by atoms with van der Waals surface area (Å²) < 4.78 is 0. The molecule has 1 aliphatic heterocycles. The van der Waals surface area contributed by atoms with Gasteiger partial charge in [0.25, 0.3) is 5.91 Å². The summed E-state index contributed by atoms with van der Waals surface area (Å²) in [5.74, 6) is -0.237. The second kappa shape index (κ2) is 5.40. The van der Waals surface area contributed by atoms with Crippen LogP contribution < -0.4 is 11.5 Å². The molecule has 1 fully saturated rings. The molecule has 2 rings (SSSR count). The Labute approximate surface area is 112 Å². The van der Waals surface area contributed by atoms with Gasteiger partial charge in [-0.3, -0.25) is 9.59 Å². The van der Waals surface area contributed by atoms with E-state index in [2.05, 4.69) is 0 Å². The number of likely N-dealkylation sites (tertiary alicyclic amines) is 1. The molecule has 0 saturated carbocycles. The highest BCUT2D eigenvalue weighted by molar-refractivity contribution is 5.99. The highest BCUT2D eigenvalue weighted by Crippen LogP contribution is 2.21. The third kappa shape index (κ3) is 2.93. The van der Waals surface area contributed by atoms with Gasteiger partial charge in [0.05, 0.1) is 0 Å². The Morgan fingerprint density at radius 3 is 2.63 bits per heavy atom. The maximum atomic E-state index is 12.3. The smallest absolute Gasteiger partial charge is 0.253 e. The van der Waals surface area contributed by atoms with Gasteiger partial charge in [-0.15, -0.1) is 0 Å². The molecule has 0 aliphatic carbocycles. The van der Waals surface area contributed by atoms with E-state index >= 15 is 0 Å². The number of rotatable bonds is 3. The van der Waals surface area contributed by atoms with Gasteiger partial charge in [0.1, 0.15) is 0 Å². The molecular weight excluding hydrogens is 242 g/mol. The van der Waals surface area contributed by atoms with Crippen molar-refractivity contribution < 1.29 is 9.59 Å². The van der Waals surface area contributed by atoms with Crippen molar-refractivity contribution in [3.8, 4) is 0 Å². The fourth-order valence-corrected chi connectivity index (χ4v) is 2.39. The number of nitrogens with zero attached hydrogens (tertiary/aromatic N) is 1. The zero-order valence-corrected chi connectivity index (χ0v) is 11.0. The maximum Gasteiger partial charge on any atom is 0.253 e. The molecule has 2 amide bonds. The van der Waals surface area contributed by atoms with Crippen molar-refractivity contribution in [2.75, 3.05) is 13.1 Å². The lowest BCUT2D eigenvalue weighted by molar-refractivity contribution is 0.0786. The summed E-state index contributed by atoms with van der Waals surface area (Å²) in [5, 5.41) is 0. The normalized spacial score (nSPS) is 20.3. The topological polar surface area (TPSA) is 89.4 Å². The van der Waals surface area contributed by atoms with Crippen LogP contribution in [0.5, 0.6) is 0 Å². The maximum absolute atomic E-state index is 12.3. The van der Waals surface area contributed by atoms with Crippen molar-refractivity contribution >= 4 is 11.8 Å². The molecule has 1 saturated heterocycles. The molecule has 1 aromatic carbocycles. The van der Waals surface area contributed by atoms with Crippen LogP contribution >= 0.6 is 0 Å². The Kier molecular flexibility index (Phi) is 3.85. The third-order valence-corrected chi connectivity index (χ3v) is 3.65. The van der Waals surface area contributed by atoms with Crippen molar-refractivity contribution in [1.82, 2.24) is 4.90 Å². The summed E-state index contributed by atoms with van der Waals surface area (Å²) in [6.45, 7) is 3.36. The van der Waals surface area contributed by atoms with Crippen LogP contribution in [0.4, 0.5) is 0 Å². The summed E-state index contributed by atoms with van der Waals surface area (Å²) in [5.41, 5.74) is 11.9. The average Bonchev–Trinajstić information content (AvgIpc) is 2.87. The molecule has 2 unspecified atom stereocenters. The molecule has 1 aromatic rings. The second-order valence-electron chi connectivity index (χ2n) is 5.10. The van der Waals surface area contributed by atoms with E-state index in [1.807, 2.05) is 6.92 Å². The lowest BCUT2D eigenvalue weighted by Crippen LogP contribution is -2.33. The van der Waals surface area contributed by atoms with E-state index in [9.17, 15) is 9.59 Å². The minimum Gasteiger partial charge on any atom is -0.366 e. The zero-order valence-electron chi connectivity index (χ0n) is 11.0. The highest BCUT2D eigenvalue weighted by atomic mass is 16.2. The van der Waals surface area contributed by atoms with Gasteiger partial charge in [0, 0.05) is 30.3 Å². The predicted octanol–water partition coefficient (Wildman–Crippen LogP) is 0.595. The average molecular weight is 261 g/mol. The Morgan fingerprint density at radius 1 is 1.37 bits per heavy atom. The Bertz CT molecular complexity index is 499. The molecule has 4 N–H and O–H groups in total. The van der Waals surface area contributed by atoms with Crippen LogP contribution in [-0.4, -0.2) is 35.8 Å². The Morgan fingerprint density at radius 2 is 2.05 bits per heavy atom. The molecule has 1 heterocycles. The van der Waals surface area contributed by atoms with E-state index in [0.29, 0.717) is 30.1 Å². The summed E-state index contributed by atoms with van der Waals surface area (Å²) in [7, 11) is 0. The summed E-state index contributed by atoms with van der Waals surface area (Å²) in [6, 6.07) is 6.62. The van der Waals surface area contributed by atoms with Gasteiger partial charge >= 0.3 is 0 Å². The van der Waals surface area contributed by atoms with E-state index in [1.165, 1.54) is 0 Å². The van der Waals surface area contributed by atoms with Gasteiger partial charge in [-0.05, 0) is 37.5 Å². The first-order valence-corrected chi connectivity index (χ1v) is 6.43. The SMILES string of the molecule is CC(N)C1CCN(C(=O)c2cccc(C(N)=O)c2)C1. The van der Waals surface area contributed by atoms with Crippen molar-refractivity contribution in [2.24, 2.45) is 17.4 Å². The van der Waals surface area contributed by atoms with Crippen LogP contribution in [0.25, 0.3) is 0 Å². The molecule has 0 aromatic heterocycles. The molecule has 2 atom stereocenters. The molecule has 1 aliphatic rings. The van der Waals surface area contributed by atoms with Crippen LogP contribution in [0.2, 0.25) is 0 Å².